The number of amides is 4. The summed E-state index contributed by atoms with van der Waals surface area (Å²) in [6.07, 6.45) is 13.7. The number of benzene rings is 1. The van der Waals surface area contributed by atoms with Gasteiger partial charge in [0.1, 0.15) is 30.0 Å². The molecule has 1 aromatic rings. The molecule has 0 aromatic heterocycles. The van der Waals surface area contributed by atoms with Gasteiger partial charge in [0.2, 0.25) is 17.7 Å². The van der Waals surface area contributed by atoms with Gasteiger partial charge in [0.15, 0.2) is 17.3 Å². The molecule has 17 nitrogen and oxygen atoms in total. The second-order valence-corrected chi connectivity index (χ2v) is 22.8. The van der Waals surface area contributed by atoms with E-state index >= 15 is 0 Å². The van der Waals surface area contributed by atoms with Gasteiger partial charge in [-0.25, -0.2) is 9.82 Å². The number of hydrazine groups is 1. The Bertz CT molecular complexity index is 2420. The molecule has 4 heterocycles. The van der Waals surface area contributed by atoms with Gasteiger partial charge in [0.05, 0.1) is 30.3 Å². The summed E-state index contributed by atoms with van der Waals surface area (Å²) in [5.74, 6) is -7.25. The number of carbonyl (C=O) groups excluding carboxylic acids is 6. The molecule has 5 rings (SSSR count). The minimum absolute atomic E-state index is 0.000721. The fourth-order valence-corrected chi connectivity index (χ4v) is 10.9. The van der Waals surface area contributed by atoms with Crippen molar-refractivity contribution in [2.24, 2.45) is 41.4 Å². The predicted octanol–water partition coefficient (Wildman–Crippen LogP) is 6.50. The molecule has 4 aliphatic heterocycles. The van der Waals surface area contributed by atoms with Gasteiger partial charge in [0.25, 0.3) is 5.91 Å². The summed E-state index contributed by atoms with van der Waals surface area (Å²) in [6.45, 7) is 18.5. The number of Topliss-reactive ketones (excluding diaryl/α,β-unsaturated/α-hetero) is 1. The van der Waals surface area contributed by atoms with Crippen molar-refractivity contribution in [3.05, 3.63) is 89.3 Å². The molecule has 8 N–H and O–H groups in total. The van der Waals surface area contributed by atoms with Crippen molar-refractivity contribution in [3.63, 3.8) is 0 Å². The average molecular weight is 1090 g/mol. The van der Waals surface area contributed by atoms with Crippen LogP contribution in [0.2, 0.25) is 0 Å². The van der Waals surface area contributed by atoms with E-state index < -0.39 is 101 Å². The van der Waals surface area contributed by atoms with E-state index in [1.165, 1.54) is 24.1 Å². The van der Waals surface area contributed by atoms with Crippen LogP contribution in [0.5, 0.6) is 5.75 Å². The Morgan fingerprint density at radius 3 is 2.42 bits per heavy atom. The van der Waals surface area contributed by atoms with Gasteiger partial charge < -0.3 is 50.6 Å². The lowest BCUT2D eigenvalue weighted by molar-refractivity contribution is -0.179. The van der Waals surface area contributed by atoms with Crippen LogP contribution < -0.4 is 21.4 Å². The van der Waals surface area contributed by atoms with E-state index in [-0.39, 0.29) is 73.7 Å². The van der Waals surface area contributed by atoms with E-state index in [2.05, 4.69) is 41.3 Å². The van der Waals surface area contributed by atoms with Crippen LogP contribution in [-0.2, 0) is 44.7 Å². The topological polar surface area (TPSA) is 253 Å². The molecule has 18 heteroatoms. The maximum absolute atomic E-state index is 14.5. The highest BCUT2D eigenvalue weighted by molar-refractivity contribution is 5.93. The van der Waals surface area contributed by atoms with E-state index in [1.54, 1.807) is 39.0 Å². The number of phenols is 1. The lowest BCUT2D eigenvalue weighted by Gasteiger charge is -2.51. The van der Waals surface area contributed by atoms with Crippen molar-refractivity contribution in [2.75, 3.05) is 6.54 Å². The number of aromatic hydroxyl groups is 1. The van der Waals surface area contributed by atoms with Crippen LogP contribution in [0.1, 0.15) is 139 Å². The maximum Gasteiger partial charge on any atom is 0.325 e. The number of phenolic OH excluding ortho intramolecular Hbond substituents is 1. The van der Waals surface area contributed by atoms with Crippen molar-refractivity contribution in [1.29, 1.82) is 0 Å². The van der Waals surface area contributed by atoms with Gasteiger partial charge in [-0.3, -0.25) is 29.0 Å². The molecular formula is C60H88FN5O12. The fourth-order valence-electron chi connectivity index (χ4n) is 10.9. The van der Waals surface area contributed by atoms with E-state index in [4.69, 9.17) is 9.47 Å². The van der Waals surface area contributed by atoms with Crippen molar-refractivity contribution < 1.29 is 63.1 Å². The van der Waals surface area contributed by atoms with Crippen LogP contribution in [0, 0.1) is 47.2 Å². The summed E-state index contributed by atoms with van der Waals surface area (Å²) in [7, 11) is 0. The third kappa shape index (κ3) is 16.8. The van der Waals surface area contributed by atoms with Gasteiger partial charge >= 0.3 is 5.97 Å². The first-order chi connectivity index (χ1) is 36.9. The molecule has 2 saturated heterocycles. The number of aliphatic hydroxyl groups is 3. The molecule has 0 saturated carbocycles. The van der Waals surface area contributed by atoms with E-state index in [0.29, 0.717) is 43.2 Å². The van der Waals surface area contributed by atoms with Crippen LogP contribution in [0.15, 0.2) is 78.0 Å². The first-order valence-electron chi connectivity index (χ1n) is 28.1. The number of nitrogens with one attached hydrogen (secondary N) is 4. The number of fused-ring (bicyclic) bond motifs is 2. The normalized spacial score (nSPS) is 32.1. The number of carbonyl (C=O) groups is 6. The smallest absolute Gasteiger partial charge is 0.325 e. The number of rotatable bonds is 15. The molecular weight excluding hydrogens is 1000 g/mol. The molecule has 432 valence electrons. The minimum Gasteiger partial charge on any atom is -0.505 e. The van der Waals surface area contributed by atoms with Crippen molar-refractivity contribution in [2.45, 2.75) is 194 Å². The summed E-state index contributed by atoms with van der Waals surface area (Å²) in [6, 6.07) is -0.0374. The zero-order chi connectivity index (χ0) is 57.6. The number of halogens is 1. The highest BCUT2D eigenvalue weighted by Crippen LogP contribution is 2.43. The monoisotopic (exact) mass is 1090 g/mol. The summed E-state index contributed by atoms with van der Waals surface area (Å²) < 4.78 is 27.1. The van der Waals surface area contributed by atoms with E-state index in [0.717, 1.165) is 30.5 Å². The summed E-state index contributed by atoms with van der Waals surface area (Å²) in [5, 5.41) is 54.4. The maximum atomic E-state index is 14.5. The van der Waals surface area contributed by atoms with E-state index in [1.807, 2.05) is 45.9 Å². The quantitative estimate of drug-likeness (QED) is 0.0532. The largest absolute Gasteiger partial charge is 0.505 e. The lowest BCUT2D eigenvalue weighted by atomic mass is 9.75. The summed E-state index contributed by atoms with van der Waals surface area (Å²) in [5.41, 5.74) is 4.11. The zero-order valence-corrected chi connectivity index (χ0v) is 47.4. The van der Waals surface area contributed by atoms with Crippen LogP contribution in [0.25, 0.3) is 0 Å². The molecule has 15 unspecified atom stereocenters. The Morgan fingerprint density at radius 2 is 1.74 bits per heavy atom. The predicted molar refractivity (Wildman–Crippen MR) is 294 cm³/mol. The number of hydrogen-bond acceptors (Lipinski definition) is 13. The molecule has 1 aromatic carbocycles. The third-order valence-electron chi connectivity index (χ3n) is 16.3. The molecule has 1 spiro atoms. The standard InChI is InChI=1S/C60H88FN5O12/c1-11-43-30-39(8)60(64-55(43)72)38(7)29-37(6)52(78-60)33-49(69)35(4)19-14-12-15-20-36(5)51-23-17-13-16-22-48(68)41(10)54(71)44(26-24-40(9)67)56(73)63-53(34(2)3)57(74)62-47(31-42-25-27-45(61)50(70)32-42)58(75)66-28-18-21-46(65-66)59(76)77-51/h12-13,15-17,20,22,25,27,29,32,34-35,37,39,41,43-44,46-49,51-54,65,68-71H,11,14,18-19,21,23-24,26,28,30-31,33H2,1-10H3,(H,62,74)(H,63,73)(H,64,72). The number of ether oxygens (including phenoxy) is 2. The number of ketones is 1. The van der Waals surface area contributed by atoms with Crippen LogP contribution in [-0.4, -0.2) is 122 Å². The summed E-state index contributed by atoms with van der Waals surface area (Å²) in [4.78, 5) is 82.1. The van der Waals surface area contributed by atoms with Crippen molar-refractivity contribution in [1.82, 2.24) is 26.4 Å². The first kappa shape index (κ1) is 63.3. The number of nitrogens with zero attached hydrogens (tertiary/aromatic N) is 1. The highest BCUT2D eigenvalue weighted by Gasteiger charge is 2.51. The number of hydrogen-bond donors (Lipinski definition) is 8. The van der Waals surface area contributed by atoms with Crippen LogP contribution in [0.3, 0.4) is 0 Å². The lowest BCUT2D eigenvalue weighted by Crippen LogP contribution is -2.64. The Labute approximate surface area is 460 Å². The number of piperidine rings is 1. The van der Waals surface area contributed by atoms with Crippen LogP contribution in [0.4, 0.5) is 4.39 Å². The SMILES string of the molecule is CCC1CC(C)C2(NC1=O)OC(CC(O)C(C)CCC=CC=C(C)C1CC=CC=CC(O)C(C)C(O)C(CCC(C)=O)C(=O)NC(C(C)C)C(=O)NC(Cc3ccc(F)c(O)c3)C(=O)N3CCCC(N3)C(=O)O1)C(C)C=C2C. The molecule has 2 fully saturated rings. The fraction of sp³-hybridized carbons (Fsp3) is 0.633. The second kappa shape index (κ2) is 29.1. The number of allylic oxidation sites excluding steroid dienone is 5. The highest BCUT2D eigenvalue weighted by atomic mass is 19.1. The Balaban J connectivity index is 1.35. The number of esters is 1. The third-order valence-corrected chi connectivity index (χ3v) is 16.3. The first-order valence-corrected chi connectivity index (χ1v) is 28.1. The zero-order valence-electron chi connectivity index (χ0n) is 47.4. The average Bonchev–Trinajstić information content (AvgIpc) is 3.48. The van der Waals surface area contributed by atoms with Gasteiger partial charge in [0, 0.05) is 55.9 Å². The molecule has 78 heavy (non-hydrogen) atoms. The van der Waals surface area contributed by atoms with E-state index in [9.17, 15) is 53.6 Å². The molecule has 0 aliphatic carbocycles. The van der Waals surface area contributed by atoms with Crippen molar-refractivity contribution >= 4 is 35.4 Å². The number of aliphatic hydroxyl groups excluding tert-OH is 3. The van der Waals surface area contributed by atoms with Gasteiger partial charge in [-0.05, 0) is 106 Å². The molecule has 15 atom stereocenters. The molecule has 0 radical (unpaired) electrons. The molecule has 4 aliphatic rings. The Morgan fingerprint density at radius 1 is 1.01 bits per heavy atom. The molecule has 2 bridgehead atoms. The molecule has 4 amide bonds. The Kier molecular flexibility index (Phi) is 23.6. The van der Waals surface area contributed by atoms with Gasteiger partial charge in [-0.15, -0.1) is 0 Å². The van der Waals surface area contributed by atoms with Gasteiger partial charge in [-0.2, -0.15) is 0 Å². The Hall–Kier alpha value is -5.53. The van der Waals surface area contributed by atoms with Gasteiger partial charge in [-0.1, -0.05) is 103 Å². The van der Waals surface area contributed by atoms with Crippen molar-refractivity contribution in [3.8, 4) is 5.75 Å². The number of cyclic esters (lactones) is 1. The second-order valence-electron chi connectivity index (χ2n) is 22.8. The summed E-state index contributed by atoms with van der Waals surface area (Å²) >= 11 is 0. The minimum atomic E-state index is -1.46. The van der Waals surface area contributed by atoms with Crippen LogP contribution >= 0.6 is 0 Å².